The van der Waals surface area contributed by atoms with Gasteiger partial charge in [0.25, 0.3) is 0 Å². The number of carbonyl (C=O) groups excluding carboxylic acids is 2. The third-order valence-corrected chi connectivity index (χ3v) is 5.99. The largest absolute Gasteiger partial charge is 0.299 e. The molecule has 21 heavy (non-hydrogen) atoms. The fraction of sp³-hybridized carbons (Fsp3) is 0.579. The van der Waals surface area contributed by atoms with Gasteiger partial charge in [-0.25, -0.2) is 0 Å². The summed E-state index contributed by atoms with van der Waals surface area (Å²) in [5, 5.41) is 0. The van der Waals surface area contributed by atoms with Crippen LogP contribution in [0.5, 0.6) is 0 Å². The molecule has 2 fully saturated rings. The van der Waals surface area contributed by atoms with Crippen molar-refractivity contribution in [3.8, 4) is 0 Å². The third-order valence-electron chi connectivity index (χ3n) is 5.99. The van der Waals surface area contributed by atoms with Crippen molar-refractivity contribution in [3.05, 3.63) is 35.9 Å². The first-order valence-electron chi connectivity index (χ1n) is 8.13. The average Bonchev–Trinajstić information content (AvgIpc) is 2.48. The molecule has 2 aliphatic rings. The number of carbonyl (C=O) groups is 2. The van der Waals surface area contributed by atoms with Gasteiger partial charge in [0.2, 0.25) is 0 Å². The molecule has 112 valence electrons. The minimum Gasteiger partial charge on any atom is -0.299 e. The average molecular weight is 284 g/mol. The Morgan fingerprint density at radius 1 is 1.19 bits per heavy atom. The Labute approximate surface area is 126 Å². The number of fused-ring (bicyclic) bond motifs is 1. The van der Waals surface area contributed by atoms with E-state index in [1.54, 1.807) is 0 Å². The standard InChI is InChI=1S/C19H24O2/c1-13-18(21)15(11-14-7-4-3-5-8-14)12-16-17(20)9-6-10-19(13,16)2/h3-5,7-8,13,15-16H,6,9-12H2,1-2H3/t13-,15-,16-,19+/m0/s1. The molecule has 1 aromatic carbocycles. The van der Waals surface area contributed by atoms with Crippen molar-refractivity contribution >= 4 is 11.6 Å². The summed E-state index contributed by atoms with van der Waals surface area (Å²) >= 11 is 0. The smallest absolute Gasteiger partial charge is 0.139 e. The molecule has 0 N–H and O–H groups in total. The Balaban J connectivity index is 1.84. The summed E-state index contributed by atoms with van der Waals surface area (Å²) in [5.41, 5.74) is 1.11. The third kappa shape index (κ3) is 2.45. The van der Waals surface area contributed by atoms with E-state index in [9.17, 15) is 9.59 Å². The molecule has 2 saturated carbocycles. The Hall–Kier alpha value is -1.44. The molecule has 0 heterocycles. The molecule has 2 aliphatic carbocycles. The Morgan fingerprint density at radius 2 is 1.90 bits per heavy atom. The Kier molecular flexibility index (Phi) is 3.73. The molecule has 0 bridgehead atoms. The molecule has 0 aliphatic heterocycles. The number of hydrogen-bond donors (Lipinski definition) is 0. The number of Topliss-reactive ketones (excluding diaryl/α,β-unsaturated/α-hetero) is 2. The first-order valence-corrected chi connectivity index (χ1v) is 8.13. The van der Waals surface area contributed by atoms with Crippen LogP contribution in [-0.4, -0.2) is 11.6 Å². The summed E-state index contributed by atoms with van der Waals surface area (Å²) in [5.74, 6) is 0.873. The van der Waals surface area contributed by atoms with E-state index >= 15 is 0 Å². The lowest BCUT2D eigenvalue weighted by atomic mass is 9.52. The van der Waals surface area contributed by atoms with Crippen LogP contribution in [0, 0.1) is 23.2 Å². The maximum absolute atomic E-state index is 12.8. The SMILES string of the molecule is C[C@H]1C(=O)[C@@H](Cc2ccccc2)C[C@H]2C(=O)CCC[C@]12C. The summed E-state index contributed by atoms with van der Waals surface area (Å²) in [6.45, 7) is 4.21. The minimum absolute atomic E-state index is 0.00853. The number of ketones is 2. The number of benzene rings is 1. The van der Waals surface area contributed by atoms with Gasteiger partial charge < -0.3 is 0 Å². The van der Waals surface area contributed by atoms with Crippen molar-refractivity contribution in [2.45, 2.75) is 46.0 Å². The van der Waals surface area contributed by atoms with E-state index in [0.29, 0.717) is 18.0 Å². The molecule has 0 saturated heterocycles. The van der Waals surface area contributed by atoms with E-state index in [0.717, 1.165) is 25.7 Å². The second-order valence-electron chi connectivity index (χ2n) is 7.12. The van der Waals surface area contributed by atoms with Crippen LogP contribution in [0.4, 0.5) is 0 Å². The van der Waals surface area contributed by atoms with Crippen molar-refractivity contribution in [1.82, 2.24) is 0 Å². The van der Waals surface area contributed by atoms with Crippen LogP contribution < -0.4 is 0 Å². The van der Waals surface area contributed by atoms with Crippen molar-refractivity contribution in [2.75, 3.05) is 0 Å². The molecule has 2 nitrogen and oxygen atoms in total. The van der Waals surface area contributed by atoms with Crippen LogP contribution in [-0.2, 0) is 16.0 Å². The fourth-order valence-electron chi connectivity index (χ4n) is 4.44. The zero-order valence-electron chi connectivity index (χ0n) is 13.0. The van der Waals surface area contributed by atoms with Crippen molar-refractivity contribution in [1.29, 1.82) is 0 Å². The summed E-state index contributed by atoms with van der Waals surface area (Å²) in [6.07, 6.45) is 4.22. The van der Waals surface area contributed by atoms with Gasteiger partial charge in [-0.1, -0.05) is 44.2 Å². The molecule has 0 radical (unpaired) electrons. The Bertz CT molecular complexity index is 548. The van der Waals surface area contributed by atoms with E-state index in [-0.39, 0.29) is 23.2 Å². The lowest BCUT2D eigenvalue weighted by Gasteiger charge is -2.49. The van der Waals surface area contributed by atoms with E-state index in [1.165, 1.54) is 5.56 Å². The minimum atomic E-state index is -0.0976. The van der Waals surface area contributed by atoms with Gasteiger partial charge in [0, 0.05) is 24.2 Å². The van der Waals surface area contributed by atoms with Gasteiger partial charge in [0.15, 0.2) is 0 Å². The predicted molar refractivity (Wildman–Crippen MR) is 82.9 cm³/mol. The molecule has 4 atom stereocenters. The number of hydrogen-bond acceptors (Lipinski definition) is 2. The zero-order valence-corrected chi connectivity index (χ0v) is 13.0. The van der Waals surface area contributed by atoms with Crippen molar-refractivity contribution in [2.24, 2.45) is 23.2 Å². The highest BCUT2D eigenvalue weighted by Crippen LogP contribution is 2.52. The maximum Gasteiger partial charge on any atom is 0.139 e. The van der Waals surface area contributed by atoms with E-state index in [1.807, 2.05) is 25.1 Å². The summed E-state index contributed by atoms with van der Waals surface area (Å²) in [7, 11) is 0. The quantitative estimate of drug-likeness (QED) is 0.827. The van der Waals surface area contributed by atoms with Gasteiger partial charge >= 0.3 is 0 Å². The van der Waals surface area contributed by atoms with Crippen LogP contribution in [0.15, 0.2) is 30.3 Å². The summed E-state index contributed by atoms with van der Waals surface area (Å²) in [6, 6.07) is 10.2. The summed E-state index contributed by atoms with van der Waals surface area (Å²) < 4.78 is 0. The molecular weight excluding hydrogens is 260 g/mol. The lowest BCUT2D eigenvalue weighted by molar-refractivity contribution is -0.148. The first-order chi connectivity index (χ1) is 10.0. The van der Waals surface area contributed by atoms with E-state index < -0.39 is 0 Å². The normalized spacial score (nSPS) is 36.4. The highest BCUT2D eigenvalue weighted by atomic mass is 16.1. The van der Waals surface area contributed by atoms with Crippen LogP contribution >= 0.6 is 0 Å². The summed E-state index contributed by atoms with van der Waals surface area (Å²) in [4.78, 5) is 25.2. The van der Waals surface area contributed by atoms with Crippen molar-refractivity contribution in [3.63, 3.8) is 0 Å². The molecule has 0 unspecified atom stereocenters. The zero-order chi connectivity index (χ0) is 15.0. The monoisotopic (exact) mass is 284 g/mol. The van der Waals surface area contributed by atoms with Gasteiger partial charge in [-0.2, -0.15) is 0 Å². The van der Waals surface area contributed by atoms with Crippen LogP contribution in [0.3, 0.4) is 0 Å². The van der Waals surface area contributed by atoms with Crippen LogP contribution in [0.2, 0.25) is 0 Å². The van der Waals surface area contributed by atoms with Gasteiger partial charge in [-0.05, 0) is 36.7 Å². The van der Waals surface area contributed by atoms with Crippen LogP contribution in [0.1, 0.15) is 45.1 Å². The predicted octanol–water partition coefficient (Wildman–Crippen LogP) is 3.83. The van der Waals surface area contributed by atoms with Gasteiger partial charge in [-0.15, -0.1) is 0 Å². The molecule has 0 spiro atoms. The number of rotatable bonds is 2. The highest BCUT2D eigenvalue weighted by molar-refractivity contribution is 5.90. The fourth-order valence-corrected chi connectivity index (χ4v) is 4.44. The van der Waals surface area contributed by atoms with Gasteiger partial charge in [0.1, 0.15) is 11.6 Å². The Morgan fingerprint density at radius 3 is 2.62 bits per heavy atom. The van der Waals surface area contributed by atoms with Gasteiger partial charge in [0.05, 0.1) is 0 Å². The van der Waals surface area contributed by atoms with Crippen molar-refractivity contribution < 1.29 is 9.59 Å². The first kappa shape index (κ1) is 14.5. The molecule has 2 heteroatoms. The second kappa shape index (κ2) is 5.40. The van der Waals surface area contributed by atoms with E-state index in [2.05, 4.69) is 19.1 Å². The highest BCUT2D eigenvalue weighted by Gasteiger charge is 2.53. The molecule has 3 rings (SSSR count). The molecular formula is C19H24O2. The molecule has 0 amide bonds. The lowest BCUT2D eigenvalue weighted by Crippen LogP contribution is -2.51. The molecule has 1 aromatic rings. The van der Waals surface area contributed by atoms with Gasteiger partial charge in [-0.3, -0.25) is 9.59 Å². The maximum atomic E-state index is 12.8. The molecule has 0 aromatic heterocycles. The second-order valence-corrected chi connectivity index (χ2v) is 7.12. The van der Waals surface area contributed by atoms with E-state index in [4.69, 9.17) is 0 Å². The van der Waals surface area contributed by atoms with Crippen LogP contribution in [0.25, 0.3) is 0 Å². The topological polar surface area (TPSA) is 34.1 Å².